The maximum Gasteiger partial charge on any atom is 2.00 e. The number of nitrogens with one attached hydrogen (secondary N) is 1. The number of carboxylic acids is 3. The van der Waals surface area contributed by atoms with Crippen molar-refractivity contribution in [1.29, 1.82) is 0 Å². The summed E-state index contributed by atoms with van der Waals surface area (Å²) in [4.78, 5) is 128. The van der Waals surface area contributed by atoms with Gasteiger partial charge in [-0.05, 0) is 144 Å². The number of rotatable bonds is 26. The Morgan fingerprint density at radius 2 is 0.493 bits per heavy atom. The van der Waals surface area contributed by atoms with Crippen LogP contribution in [0.2, 0.25) is 0 Å². The minimum absolute atomic E-state index is 0. The third-order valence-corrected chi connectivity index (χ3v) is 14.6. The van der Waals surface area contributed by atoms with E-state index in [1.165, 1.54) is 81.4 Å². The largest absolute Gasteiger partial charge is 2.00 e. The van der Waals surface area contributed by atoms with Gasteiger partial charge in [-0.25, -0.2) is 19.2 Å². The van der Waals surface area contributed by atoms with Crippen LogP contribution in [0.4, 0.5) is 52.7 Å². The number of aliphatic hydroxyl groups is 1. The molecular formula is C104H158Br2F12LiMgNO25. The maximum absolute atomic E-state index is 13.8. The number of carbonyl (C=O) groups excluding carboxylic acids is 9. The first-order valence-electron chi connectivity index (χ1n) is 44.6. The minimum atomic E-state index is -3.94. The first-order chi connectivity index (χ1) is 64.2. The summed E-state index contributed by atoms with van der Waals surface area (Å²) in [6, 6.07) is 31.7. The van der Waals surface area contributed by atoms with E-state index in [0.717, 1.165) is 92.9 Å². The second-order valence-corrected chi connectivity index (χ2v) is 35.1. The van der Waals surface area contributed by atoms with Crippen LogP contribution >= 0.6 is 31.9 Å². The molecule has 0 aromatic heterocycles. The molecule has 42 heteroatoms. The van der Waals surface area contributed by atoms with Crippen LogP contribution < -0.4 is 24.2 Å². The van der Waals surface area contributed by atoms with E-state index in [2.05, 4.69) is 50.9 Å². The molecule has 6 rings (SSSR count). The number of esters is 7. The van der Waals surface area contributed by atoms with Gasteiger partial charge in [-0.2, -0.15) is 52.7 Å². The number of aliphatic carboxylic acids is 3. The molecule has 0 aliphatic carbocycles. The van der Waals surface area contributed by atoms with Gasteiger partial charge in [-0.1, -0.05) is 271 Å². The predicted molar refractivity (Wildman–Crippen MR) is 549 cm³/mol. The van der Waals surface area contributed by atoms with Crippen molar-refractivity contribution in [2.45, 2.75) is 321 Å². The Bertz CT molecular complexity index is 4420. The molecule has 0 spiro atoms. The number of carbonyl (C=O) groups is 12. The van der Waals surface area contributed by atoms with Crippen LogP contribution in [-0.2, 0) is 159 Å². The first-order valence-corrected chi connectivity index (χ1v) is 46.2. The maximum atomic E-state index is 13.8. The number of halogens is 14. The topological polar surface area (TPSA) is 424 Å². The summed E-state index contributed by atoms with van der Waals surface area (Å²) >= 11 is 5.21. The number of ketones is 1. The molecule has 830 valence electrons. The van der Waals surface area contributed by atoms with Crippen molar-refractivity contribution in [3.05, 3.63) is 227 Å². The van der Waals surface area contributed by atoms with Crippen molar-refractivity contribution in [2.24, 2.45) is 0 Å². The van der Waals surface area contributed by atoms with Gasteiger partial charge >= 0.3 is 136 Å². The second-order valence-electron chi connectivity index (χ2n) is 31.7. The molecule has 146 heavy (non-hydrogen) atoms. The zero-order valence-corrected chi connectivity index (χ0v) is 96.3. The Morgan fingerprint density at radius 1 is 0.322 bits per heavy atom. The van der Waals surface area contributed by atoms with Crippen LogP contribution in [-0.4, -0.2) is 191 Å². The molecule has 26 nitrogen and oxygen atoms in total. The molecule has 6 aromatic carbocycles. The molecule has 0 aliphatic heterocycles. The SMILES string of the molecule is CC.CC.CC.CC.CC.CC.CC(=O)C(F)(F)c1ccc(CC(=O)OC(C)(C)C)cc1.CC(C)(C)Br.CC(C)(C)OC(=O)Cc1ccc(C(F)(F)C(=O)O)cc1.CCOC(=O)C(F)(F)Br.CCOC(=O)C(F)(F)c1ccc(CC(=O)O)cc1.CCOC(=O)C(F)(F)c1ccc(CC(=O)OC(C)(C)C)cc1.CNC(=O)C(F)(F)c1ccc(CC(=O)OC(C)(C)C)cc1.CO.Cc1ccc(CC(=O)O)cc1.O.[CH3-].[CH3-].[Li+].[Mg+2].[OH-]. The van der Waals surface area contributed by atoms with E-state index in [4.69, 9.17) is 39.4 Å². The molecule has 6 aromatic rings. The fourth-order valence-electron chi connectivity index (χ4n) is 8.90. The Hall–Kier alpha value is -9.48. The van der Waals surface area contributed by atoms with E-state index >= 15 is 0 Å². The van der Waals surface area contributed by atoms with Crippen molar-refractivity contribution < 1.29 is 194 Å². The molecule has 0 saturated heterocycles. The Balaban J connectivity index is -0.000000103. The number of ether oxygens (including phenoxy) is 7. The smallest absolute Gasteiger partial charge is 0.870 e. The van der Waals surface area contributed by atoms with Gasteiger partial charge in [0.05, 0.1) is 58.3 Å². The van der Waals surface area contributed by atoms with Crippen LogP contribution in [0.1, 0.15) is 281 Å². The average Bonchev–Trinajstić information content (AvgIpc) is 0.532. The summed E-state index contributed by atoms with van der Waals surface area (Å²) in [6.07, 6.45) is -0.240. The van der Waals surface area contributed by atoms with Gasteiger partial charge in [0.1, 0.15) is 22.4 Å². The molecule has 0 bridgehead atoms. The number of hydrogen-bond acceptors (Lipinski definition) is 21. The Morgan fingerprint density at radius 3 is 0.651 bits per heavy atom. The van der Waals surface area contributed by atoms with E-state index in [1.807, 2.05) is 136 Å². The number of likely N-dealkylation sites (N-methyl/N-ethyl adjacent to an activating group) is 1. The summed E-state index contributed by atoms with van der Waals surface area (Å²) in [5.74, 6) is -31.6. The van der Waals surface area contributed by atoms with Crippen LogP contribution in [0, 0.1) is 21.8 Å². The molecule has 0 unspecified atom stereocenters. The second kappa shape index (κ2) is 85.3. The Labute approximate surface area is 901 Å². The van der Waals surface area contributed by atoms with Crippen LogP contribution in [0.25, 0.3) is 0 Å². The molecule has 0 radical (unpaired) electrons. The fraction of sp³-hybridized carbons (Fsp3) is 0.519. The van der Waals surface area contributed by atoms with Crippen molar-refractivity contribution in [1.82, 2.24) is 5.32 Å². The third kappa shape index (κ3) is 81.5. The normalized spacial score (nSPS) is 10.3. The molecule has 8 N–H and O–H groups in total. The van der Waals surface area contributed by atoms with Gasteiger partial charge in [0.15, 0.2) is 0 Å². The fourth-order valence-corrected chi connectivity index (χ4v) is 9.01. The van der Waals surface area contributed by atoms with Crippen molar-refractivity contribution >= 4 is 126 Å². The van der Waals surface area contributed by atoms with Gasteiger partial charge in [-0.15, -0.1) is 0 Å². The van der Waals surface area contributed by atoms with Gasteiger partial charge in [0.25, 0.3) is 5.91 Å². The standard InChI is InChI=1S/C16H20F2O4.C15H19F2NO3.C15H18F2O3.C14H16F2O4.C12H12F2O4.C9H10O2.C4H5BrF2O2.C4H9Br.6C2H6.CH4O.2CH3.Li.Mg.2H2O/c1-5-21-14(20)16(17,18)12-8-6-11(7-9-12)10-13(19)22-15(2,3)4;1-14(2,3)21-12(19)9-10-5-7-11(8-6-10)15(16,17)13(20)18-4;1-10(18)15(16,17)12-7-5-11(6-8-12)9-13(19)20-14(2,3)4;1-13(2,3)20-11(17)8-9-4-6-10(7-5-9)14(15,16)12(18)19;1-2-18-11(17)12(13,14)9-5-3-8(4-6-9)7-10(15)16;1-7-2-4-8(5-3-7)6-9(10)11;1-2-9-3(8)4(5,6)7;1-4(2,3)5;7*1-2;;;;;;/h6-9H,5,10H2,1-4H3;5-8H,9H2,1-4H3,(H,18,20);5-8H,9H2,1-4H3;4-7H,8H2,1-3H3,(H,18,19);3-6H,2,7H2,1H3,(H,15,16);2-5H,6H2,1H3,(H,10,11);2H2,1H3;1-3H3;6*1-2H3;2H,1H3;2*1H3;;;2*1H2/q;;;;;;;;;;;;;;;2*-1;+1;+2;;/p-1. The number of benzene rings is 6. The number of hydrogen-bond donors (Lipinski definition) is 5. The molecule has 0 atom stereocenters. The summed E-state index contributed by atoms with van der Waals surface area (Å²) in [5, 5.41) is 34.3. The number of aryl methyl sites for hydroxylation is 1. The van der Waals surface area contributed by atoms with Crippen LogP contribution in [0.3, 0.4) is 0 Å². The van der Waals surface area contributed by atoms with Gasteiger partial charge in [-0.3, -0.25) is 38.4 Å². The zero-order valence-electron chi connectivity index (χ0n) is 91.7. The van der Waals surface area contributed by atoms with E-state index in [1.54, 1.807) is 83.1 Å². The summed E-state index contributed by atoms with van der Waals surface area (Å²) in [5.41, 5.74) is -0.332. The molecule has 0 saturated carbocycles. The van der Waals surface area contributed by atoms with Gasteiger partial charge in [0.2, 0.25) is 5.78 Å². The summed E-state index contributed by atoms with van der Waals surface area (Å²) in [7, 11) is 2.15. The summed E-state index contributed by atoms with van der Waals surface area (Å²) < 4.78 is 192. The van der Waals surface area contributed by atoms with Gasteiger partial charge in [0, 0.05) is 69.2 Å². The number of aliphatic hydroxyl groups excluding tert-OH is 1. The van der Waals surface area contributed by atoms with Crippen LogP contribution in [0.15, 0.2) is 146 Å². The van der Waals surface area contributed by atoms with Crippen LogP contribution in [0.5, 0.6) is 0 Å². The Kier molecular flexibility index (Phi) is 99.2. The number of carboxylic acid groups (broad SMARTS) is 3. The number of Topliss-reactive ketones (excluding diaryl/α,β-unsaturated/α-hetero) is 1. The first kappa shape index (κ1) is 170. The average molecular weight is 2240 g/mol. The summed E-state index contributed by atoms with van der Waals surface area (Å²) in [6.45, 7) is 58.1. The van der Waals surface area contributed by atoms with E-state index in [0.29, 0.717) is 32.1 Å². The zero-order chi connectivity index (χ0) is 112. The van der Waals surface area contributed by atoms with E-state index < -0.39 is 150 Å². The third-order valence-electron chi connectivity index (χ3n) is 14.3. The minimum Gasteiger partial charge on any atom is -0.870 e. The predicted octanol–water partition coefficient (Wildman–Crippen LogP) is 21.2. The number of amides is 1. The van der Waals surface area contributed by atoms with E-state index in [9.17, 15) is 110 Å². The molecule has 0 aliphatic rings. The monoisotopic (exact) mass is 2240 g/mol. The molecule has 0 fully saturated rings. The molecule has 0 heterocycles. The van der Waals surface area contributed by atoms with Crippen molar-refractivity contribution in [2.75, 3.05) is 34.0 Å². The van der Waals surface area contributed by atoms with Gasteiger partial charge < -0.3 is 84.7 Å². The molecular weight excluding hydrogens is 2080 g/mol. The van der Waals surface area contributed by atoms with Crippen molar-refractivity contribution in [3.63, 3.8) is 0 Å². The van der Waals surface area contributed by atoms with Crippen molar-refractivity contribution in [3.8, 4) is 0 Å². The quantitative estimate of drug-likeness (QED) is 0.00841. The molecule has 1 amide bonds. The number of alkyl halides is 14. The van der Waals surface area contributed by atoms with E-state index in [-0.39, 0.29) is 132 Å².